The Kier molecular flexibility index (Phi) is 9.43. The fourth-order valence-electron chi connectivity index (χ4n) is 6.99. The van der Waals surface area contributed by atoms with Gasteiger partial charge in [0.05, 0.1) is 16.8 Å². The van der Waals surface area contributed by atoms with E-state index in [9.17, 15) is 4.79 Å². The molecule has 4 aromatic rings. The van der Waals surface area contributed by atoms with E-state index in [0.717, 1.165) is 90.9 Å². The van der Waals surface area contributed by atoms with Crippen molar-refractivity contribution in [2.24, 2.45) is 11.8 Å². The molecule has 1 aliphatic carbocycles. The van der Waals surface area contributed by atoms with Crippen LogP contribution in [0.1, 0.15) is 83.4 Å². The number of fused-ring (bicyclic) bond motifs is 1. The normalized spacial score (nSPS) is 23.3. The minimum Gasteiger partial charge on any atom is -0.460 e. The second-order valence-electron chi connectivity index (χ2n) is 13.9. The molecule has 1 saturated heterocycles. The van der Waals surface area contributed by atoms with Crippen LogP contribution in [0.25, 0.3) is 21.3 Å². The summed E-state index contributed by atoms with van der Waals surface area (Å²) in [6, 6.07) is 18.6. The van der Waals surface area contributed by atoms with Crippen molar-refractivity contribution in [2.75, 3.05) is 18.8 Å². The van der Waals surface area contributed by atoms with Gasteiger partial charge in [-0.2, -0.15) is 0 Å². The maximum absolute atomic E-state index is 12.9. The quantitative estimate of drug-likeness (QED) is 0.214. The van der Waals surface area contributed by atoms with Gasteiger partial charge in [0.2, 0.25) is 0 Å². The van der Waals surface area contributed by atoms with E-state index in [1.807, 2.05) is 74.6 Å². The average Bonchev–Trinajstić information content (AvgIpc) is 3.40. The smallest absolute Gasteiger partial charge is 0.309 e. The van der Waals surface area contributed by atoms with Crippen LogP contribution in [0, 0.1) is 11.8 Å². The fraction of sp³-hybridized carbons (Fsp3) is 0.486. The Labute approximate surface area is 271 Å². The number of carbonyl (C=O) groups is 1. The van der Waals surface area contributed by atoms with E-state index in [0.29, 0.717) is 23.7 Å². The number of nitrogen functional groups attached to an aromatic ring is 1. The summed E-state index contributed by atoms with van der Waals surface area (Å²) in [5.74, 6) is 3.12. The van der Waals surface area contributed by atoms with E-state index in [2.05, 4.69) is 28.9 Å². The first-order valence-electron chi connectivity index (χ1n) is 16.5. The van der Waals surface area contributed by atoms with Gasteiger partial charge in [0, 0.05) is 22.3 Å². The summed E-state index contributed by atoms with van der Waals surface area (Å²) in [5, 5.41) is 0.960. The summed E-state index contributed by atoms with van der Waals surface area (Å²) in [6.07, 6.45) is 9.01. The van der Waals surface area contributed by atoms with E-state index < -0.39 is 5.60 Å². The molecule has 6 rings (SSSR count). The van der Waals surface area contributed by atoms with Crippen molar-refractivity contribution in [3.8, 4) is 21.9 Å². The third-order valence-corrected chi connectivity index (χ3v) is 10.7. The number of para-hydroxylation sites is 1. The molecule has 0 spiro atoms. The van der Waals surface area contributed by atoms with Gasteiger partial charge in [0.15, 0.2) is 0 Å². The number of nitrogens with two attached hydrogens (primary N) is 1. The topological polar surface area (TPSA) is 90.6 Å². The molecule has 8 heteroatoms. The average molecular weight is 627 g/mol. The molecule has 0 amide bonds. The molecule has 3 heterocycles. The Morgan fingerprint density at radius 2 is 1.62 bits per heavy atom. The van der Waals surface area contributed by atoms with Crippen molar-refractivity contribution >= 4 is 34.0 Å². The first-order valence-corrected chi connectivity index (χ1v) is 17.3. The number of hydrogen-bond acceptors (Lipinski definition) is 8. The van der Waals surface area contributed by atoms with Crippen molar-refractivity contribution in [1.29, 1.82) is 0 Å². The van der Waals surface area contributed by atoms with Crippen LogP contribution in [-0.2, 0) is 9.53 Å². The Morgan fingerprint density at radius 3 is 2.33 bits per heavy atom. The number of rotatable bonds is 6. The zero-order valence-corrected chi connectivity index (χ0v) is 27.8. The lowest BCUT2D eigenvalue weighted by Crippen LogP contribution is -2.43. The molecule has 7 nitrogen and oxygen atoms in total. The highest BCUT2D eigenvalue weighted by Gasteiger charge is 2.33. The molecule has 1 unspecified atom stereocenters. The monoisotopic (exact) mass is 626 g/mol. The van der Waals surface area contributed by atoms with Crippen LogP contribution in [-0.4, -0.2) is 45.6 Å². The minimum atomic E-state index is -0.440. The van der Waals surface area contributed by atoms with Crippen LogP contribution in [0.2, 0.25) is 0 Å². The molecule has 2 N–H and O–H groups in total. The Balaban J connectivity index is 1.16. The van der Waals surface area contributed by atoms with Crippen molar-refractivity contribution in [3.05, 3.63) is 65.8 Å². The maximum Gasteiger partial charge on any atom is 0.309 e. The van der Waals surface area contributed by atoms with Crippen LogP contribution in [0.5, 0.6) is 11.5 Å². The summed E-state index contributed by atoms with van der Waals surface area (Å²) in [7, 11) is 0. The molecule has 1 saturated carbocycles. The molecule has 0 bridgehead atoms. The van der Waals surface area contributed by atoms with Gasteiger partial charge >= 0.3 is 5.97 Å². The summed E-state index contributed by atoms with van der Waals surface area (Å²) in [5.41, 5.74) is 8.14. The van der Waals surface area contributed by atoms with Gasteiger partial charge in [0.1, 0.15) is 29.2 Å². The molecule has 2 fully saturated rings. The largest absolute Gasteiger partial charge is 0.460 e. The summed E-state index contributed by atoms with van der Waals surface area (Å²) < 4.78 is 11.8. The predicted octanol–water partition coefficient (Wildman–Crippen LogP) is 8.84. The first kappa shape index (κ1) is 31.5. The van der Waals surface area contributed by atoms with Gasteiger partial charge in [-0.05, 0) is 126 Å². The third-order valence-electron chi connectivity index (χ3n) is 9.29. The summed E-state index contributed by atoms with van der Waals surface area (Å²) in [4.78, 5) is 27.2. The van der Waals surface area contributed by atoms with Gasteiger partial charge in [-0.1, -0.05) is 25.1 Å². The standard InChI is InChI=1S/C37H46N4O3S/c1-24-10-11-27(36(42)44-37(2,3)4)20-21-41(22-24)28-16-12-26(13-17-28)34-32-31(35(38)40-23-39-32)33(45-34)25-14-18-30(19-15-25)43-29-8-6-5-7-9-29/h5-9,14-15,18-19,23-24,26-28H,10-13,16-17,20-22H2,1-4H3,(H2,38,39,40)/t24-,26?,27?,28?/m0/s1. The van der Waals surface area contributed by atoms with E-state index in [-0.39, 0.29) is 11.9 Å². The summed E-state index contributed by atoms with van der Waals surface area (Å²) in [6.45, 7) is 10.3. The number of nitrogens with zero attached hydrogens (tertiary/aromatic N) is 3. The number of likely N-dealkylation sites (tertiary alicyclic amines) is 1. The van der Waals surface area contributed by atoms with Gasteiger partial charge in [-0.3, -0.25) is 4.79 Å². The SMILES string of the molecule is C[C@H]1CCC(C(=O)OC(C)(C)C)CCN(C2CCC(c3sc(-c4ccc(Oc5ccccc5)cc4)c4c(N)ncnc34)CC2)C1. The molecular weight excluding hydrogens is 580 g/mol. The summed E-state index contributed by atoms with van der Waals surface area (Å²) >= 11 is 1.82. The zero-order chi connectivity index (χ0) is 31.6. The van der Waals surface area contributed by atoms with E-state index in [1.54, 1.807) is 6.33 Å². The fourth-order valence-corrected chi connectivity index (χ4v) is 8.42. The molecule has 2 atom stereocenters. The maximum atomic E-state index is 12.9. The number of hydrogen-bond donors (Lipinski definition) is 1. The van der Waals surface area contributed by atoms with E-state index in [4.69, 9.17) is 20.2 Å². The lowest BCUT2D eigenvalue weighted by Gasteiger charge is -2.40. The molecule has 2 aliphatic rings. The minimum absolute atomic E-state index is 0.00849. The molecular formula is C37H46N4O3S. The van der Waals surface area contributed by atoms with Crippen LogP contribution >= 0.6 is 11.3 Å². The third kappa shape index (κ3) is 7.50. The molecule has 2 aromatic carbocycles. The van der Waals surface area contributed by atoms with Crippen molar-refractivity contribution in [3.63, 3.8) is 0 Å². The van der Waals surface area contributed by atoms with Gasteiger partial charge in [-0.15, -0.1) is 11.3 Å². The van der Waals surface area contributed by atoms with Crippen molar-refractivity contribution in [1.82, 2.24) is 14.9 Å². The number of benzene rings is 2. The molecule has 1 aliphatic heterocycles. The highest BCUT2D eigenvalue weighted by Crippen LogP contribution is 2.47. The number of anilines is 1. The second kappa shape index (κ2) is 13.5. The lowest BCUT2D eigenvalue weighted by atomic mass is 9.82. The van der Waals surface area contributed by atoms with Crippen molar-refractivity contribution in [2.45, 2.75) is 90.2 Å². The Morgan fingerprint density at radius 1 is 0.911 bits per heavy atom. The van der Waals surface area contributed by atoms with Gasteiger partial charge < -0.3 is 20.1 Å². The van der Waals surface area contributed by atoms with Crippen LogP contribution in [0.4, 0.5) is 5.82 Å². The van der Waals surface area contributed by atoms with Crippen LogP contribution < -0.4 is 10.5 Å². The zero-order valence-electron chi connectivity index (χ0n) is 27.0. The first-order chi connectivity index (χ1) is 21.6. The Bertz CT molecular complexity index is 1590. The molecule has 238 valence electrons. The number of esters is 1. The molecule has 0 radical (unpaired) electrons. The number of thiophene rings is 1. The van der Waals surface area contributed by atoms with E-state index >= 15 is 0 Å². The number of carbonyl (C=O) groups excluding carboxylic acids is 1. The molecule has 2 aromatic heterocycles. The number of ether oxygens (including phenoxy) is 2. The predicted molar refractivity (Wildman–Crippen MR) is 183 cm³/mol. The highest BCUT2D eigenvalue weighted by atomic mass is 32.1. The number of aromatic nitrogens is 2. The Hall–Kier alpha value is -3.49. The van der Waals surface area contributed by atoms with Crippen LogP contribution in [0.15, 0.2) is 60.9 Å². The van der Waals surface area contributed by atoms with Crippen molar-refractivity contribution < 1.29 is 14.3 Å². The molecule has 45 heavy (non-hydrogen) atoms. The van der Waals surface area contributed by atoms with Crippen LogP contribution in [0.3, 0.4) is 0 Å². The highest BCUT2D eigenvalue weighted by molar-refractivity contribution is 7.17. The second-order valence-corrected chi connectivity index (χ2v) is 15.0. The van der Waals surface area contributed by atoms with E-state index in [1.165, 1.54) is 4.88 Å². The van der Waals surface area contributed by atoms with Gasteiger partial charge in [0.25, 0.3) is 0 Å². The lowest BCUT2D eigenvalue weighted by molar-refractivity contribution is -0.161. The van der Waals surface area contributed by atoms with Gasteiger partial charge in [-0.25, -0.2) is 9.97 Å².